The molecule has 1 aliphatic carbocycles. The maximum Gasteiger partial charge on any atom is 0.138 e. The van der Waals surface area contributed by atoms with Gasteiger partial charge < -0.3 is 9.47 Å². The number of rotatable bonds is 4. The van der Waals surface area contributed by atoms with Crippen LogP contribution in [0.4, 0.5) is 0 Å². The first-order valence-corrected chi connectivity index (χ1v) is 6.85. The minimum Gasteiger partial charge on any atom is -0.381 e. The molecule has 3 nitrogen and oxygen atoms in total. The number of carbonyl (C=O) groups excluding carboxylic acids is 1. The molecule has 1 heterocycles. The zero-order chi connectivity index (χ0) is 12.3. The summed E-state index contributed by atoms with van der Waals surface area (Å²) in [4.78, 5) is 12.2. The van der Waals surface area contributed by atoms with Crippen molar-refractivity contribution >= 4 is 5.78 Å². The second-order valence-electron chi connectivity index (χ2n) is 5.65. The molecule has 2 fully saturated rings. The molecule has 2 unspecified atom stereocenters. The summed E-state index contributed by atoms with van der Waals surface area (Å²) in [5.41, 5.74) is 0.0505. The summed E-state index contributed by atoms with van der Waals surface area (Å²) in [5.74, 6) is 0.577. The van der Waals surface area contributed by atoms with Gasteiger partial charge in [0.15, 0.2) is 0 Å². The van der Waals surface area contributed by atoms with E-state index in [1.807, 2.05) is 6.92 Å². The normalized spacial score (nSPS) is 29.4. The van der Waals surface area contributed by atoms with E-state index in [4.69, 9.17) is 9.47 Å². The van der Waals surface area contributed by atoms with Crippen molar-refractivity contribution in [1.29, 1.82) is 0 Å². The average Bonchev–Trinajstić information content (AvgIpc) is 2.77. The quantitative estimate of drug-likeness (QED) is 0.758. The van der Waals surface area contributed by atoms with Gasteiger partial charge in [0.1, 0.15) is 5.78 Å². The van der Waals surface area contributed by atoms with Gasteiger partial charge in [0, 0.05) is 26.1 Å². The zero-order valence-electron chi connectivity index (χ0n) is 11.0. The molecule has 0 bridgehead atoms. The molecule has 0 N–H and O–H groups in total. The third-order valence-electron chi connectivity index (χ3n) is 4.35. The Hall–Kier alpha value is -0.410. The van der Waals surface area contributed by atoms with Gasteiger partial charge in [0.25, 0.3) is 0 Å². The highest BCUT2D eigenvalue weighted by molar-refractivity contribution is 5.81. The van der Waals surface area contributed by atoms with Crippen LogP contribution in [0.15, 0.2) is 0 Å². The largest absolute Gasteiger partial charge is 0.381 e. The summed E-state index contributed by atoms with van der Waals surface area (Å²) >= 11 is 0. The third kappa shape index (κ3) is 3.08. The lowest BCUT2D eigenvalue weighted by Gasteiger charge is -2.37. The number of ketones is 1. The Morgan fingerprint density at radius 2 is 2.18 bits per heavy atom. The molecular weight excluding hydrogens is 216 g/mol. The highest BCUT2D eigenvalue weighted by Crippen LogP contribution is 2.42. The van der Waals surface area contributed by atoms with E-state index in [1.54, 1.807) is 7.11 Å². The molecule has 0 amide bonds. The van der Waals surface area contributed by atoms with Crippen molar-refractivity contribution < 1.29 is 14.3 Å². The Labute approximate surface area is 104 Å². The number of methoxy groups -OCH3 is 1. The molecule has 0 aromatic rings. The highest BCUT2D eigenvalue weighted by Gasteiger charge is 2.41. The van der Waals surface area contributed by atoms with Crippen molar-refractivity contribution in [3.05, 3.63) is 0 Å². The van der Waals surface area contributed by atoms with Gasteiger partial charge in [-0.2, -0.15) is 0 Å². The lowest BCUT2D eigenvalue weighted by Crippen LogP contribution is -2.40. The van der Waals surface area contributed by atoms with Crippen molar-refractivity contribution in [3.8, 4) is 0 Å². The van der Waals surface area contributed by atoms with Crippen molar-refractivity contribution in [2.24, 2.45) is 5.92 Å². The van der Waals surface area contributed by atoms with E-state index in [0.29, 0.717) is 12.2 Å². The Morgan fingerprint density at radius 1 is 1.47 bits per heavy atom. The van der Waals surface area contributed by atoms with E-state index < -0.39 is 0 Å². The van der Waals surface area contributed by atoms with Crippen LogP contribution in [0.1, 0.15) is 51.9 Å². The molecular formula is C14H24O3. The maximum absolute atomic E-state index is 12.2. The molecule has 1 aliphatic heterocycles. The van der Waals surface area contributed by atoms with E-state index in [1.165, 1.54) is 12.8 Å². The third-order valence-corrected chi connectivity index (χ3v) is 4.35. The predicted octanol–water partition coefficient (Wildman–Crippen LogP) is 2.72. The van der Waals surface area contributed by atoms with Crippen LogP contribution in [0, 0.1) is 5.92 Å². The standard InChI is InChI=1S/C14H24O3/c1-11(16-2)9-13(15)12-5-8-17-14(10-12)6-3-4-7-14/h11-12H,3-10H2,1-2H3. The summed E-state index contributed by atoms with van der Waals surface area (Å²) in [7, 11) is 1.67. The number of ether oxygens (including phenoxy) is 2. The van der Waals surface area contributed by atoms with Gasteiger partial charge in [0.2, 0.25) is 0 Å². The average molecular weight is 240 g/mol. The molecule has 2 atom stereocenters. The molecule has 1 saturated carbocycles. The molecule has 2 aliphatic rings. The summed E-state index contributed by atoms with van der Waals surface area (Å²) in [6, 6.07) is 0. The van der Waals surface area contributed by atoms with Crippen molar-refractivity contribution in [2.45, 2.75) is 63.6 Å². The van der Waals surface area contributed by atoms with Gasteiger partial charge >= 0.3 is 0 Å². The molecule has 0 aromatic carbocycles. The van der Waals surface area contributed by atoms with Crippen LogP contribution in [0.5, 0.6) is 0 Å². The second kappa shape index (κ2) is 5.49. The van der Waals surface area contributed by atoms with Gasteiger partial charge in [-0.05, 0) is 32.6 Å². The zero-order valence-corrected chi connectivity index (χ0v) is 11.0. The highest BCUT2D eigenvalue weighted by atomic mass is 16.5. The van der Waals surface area contributed by atoms with Crippen LogP contribution in [0.3, 0.4) is 0 Å². The second-order valence-corrected chi connectivity index (χ2v) is 5.65. The summed E-state index contributed by atoms with van der Waals surface area (Å²) < 4.78 is 11.1. The number of hydrogen-bond acceptors (Lipinski definition) is 3. The Morgan fingerprint density at radius 3 is 2.82 bits per heavy atom. The van der Waals surface area contributed by atoms with E-state index in [9.17, 15) is 4.79 Å². The van der Waals surface area contributed by atoms with Gasteiger partial charge in [-0.25, -0.2) is 0 Å². The van der Waals surface area contributed by atoms with E-state index >= 15 is 0 Å². The van der Waals surface area contributed by atoms with Crippen LogP contribution >= 0.6 is 0 Å². The van der Waals surface area contributed by atoms with Gasteiger partial charge in [-0.1, -0.05) is 12.8 Å². The summed E-state index contributed by atoms with van der Waals surface area (Å²) in [6.45, 7) is 2.72. The minimum atomic E-state index is 0.0462. The lowest BCUT2D eigenvalue weighted by atomic mass is 9.81. The topological polar surface area (TPSA) is 35.5 Å². The van der Waals surface area contributed by atoms with Crippen molar-refractivity contribution in [3.63, 3.8) is 0 Å². The number of Topliss-reactive ketones (excluding diaryl/α,β-unsaturated/α-hetero) is 1. The molecule has 1 saturated heterocycles. The molecule has 0 radical (unpaired) electrons. The monoisotopic (exact) mass is 240 g/mol. The fourth-order valence-corrected chi connectivity index (χ4v) is 3.20. The first kappa shape index (κ1) is 13.0. The van der Waals surface area contributed by atoms with E-state index in [-0.39, 0.29) is 17.6 Å². The Balaban J connectivity index is 1.90. The lowest BCUT2D eigenvalue weighted by molar-refractivity contribution is -0.138. The van der Waals surface area contributed by atoms with Crippen LogP contribution in [-0.4, -0.2) is 31.2 Å². The molecule has 2 rings (SSSR count). The molecule has 1 spiro atoms. The summed E-state index contributed by atoms with van der Waals surface area (Å²) in [5, 5.41) is 0. The van der Waals surface area contributed by atoms with E-state index in [0.717, 1.165) is 32.3 Å². The van der Waals surface area contributed by atoms with Gasteiger partial charge in [-0.15, -0.1) is 0 Å². The van der Waals surface area contributed by atoms with Gasteiger partial charge in [0.05, 0.1) is 11.7 Å². The van der Waals surface area contributed by atoms with Gasteiger partial charge in [-0.3, -0.25) is 4.79 Å². The smallest absolute Gasteiger partial charge is 0.138 e. The molecule has 0 aromatic heterocycles. The Bertz CT molecular complexity index is 269. The van der Waals surface area contributed by atoms with Crippen LogP contribution in [-0.2, 0) is 14.3 Å². The first-order valence-electron chi connectivity index (χ1n) is 6.85. The first-order chi connectivity index (χ1) is 8.15. The minimum absolute atomic E-state index is 0.0462. The molecule has 17 heavy (non-hydrogen) atoms. The molecule has 98 valence electrons. The fourth-order valence-electron chi connectivity index (χ4n) is 3.20. The number of hydrogen-bond donors (Lipinski definition) is 0. The predicted molar refractivity (Wildman–Crippen MR) is 66.0 cm³/mol. The Kier molecular flexibility index (Phi) is 4.21. The van der Waals surface area contributed by atoms with Crippen LogP contribution < -0.4 is 0 Å². The molecule has 3 heteroatoms. The fraction of sp³-hybridized carbons (Fsp3) is 0.929. The summed E-state index contributed by atoms with van der Waals surface area (Å²) in [6.07, 6.45) is 7.26. The SMILES string of the molecule is COC(C)CC(=O)C1CCOC2(CCCC2)C1. The van der Waals surface area contributed by atoms with Crippen LogP contribution in [0.2, 0.25) is 0 Å². The maximum atomic E-state index is 12.2. The van der Waals surface area contributed by atoms with Crippen LogP contribution in [0.25, 0.3) is 0 Å². The van der Waals surface area contributed by atoms with Crippen molar-refractivity contribution in [2.75, 3.05) is 13.7 Å². The van der Waals surface area contributed by atoms with Crippen molar-refractivity contribution in [1.82, 2.24) is 0 Å². The number of carbonyl (C=O) groups is 1. The van der Waals surface area contributed by atoms with E-state index in [2.05, 4.69) is 0 Å².